The zero-order chi connectivity index (χ0) is 23.1. The number of anilines is 2. The molecule has 2 amide bonds. The lowest BCUT2D eigenvalue weighted by molar-refractivity contribution is -0.146. The van der Waals surface area contributed by atoms with Crippen LogP contribution in [-0.2, 0) is 14.4 Å². The Bertz CT molecular complexity index is 1050. The molecule has 166 valence electrons. The molecule has 0 spiro atoms. The van der Waals surface area contributed by atoms with E-state index in [2.05, 4.69) is 10.6 Å². The summed E-state index contributed by atoms with van der Waals surface area (Å²) in [4.78, 5) is 48.4. The predicted octanol–water partition coefficient (Wildman–Crippen LogP) is 4.23. The van der Waals surface area contributed by atoms with Crippen LogP contribution in [0.2, 0.25) is 0 Å². The molecule has 0 fully saturated rings. The molecule has 2 aromatic rings. The first-order valence-corrected chi connectivity index (χ1v) is 11.1. The Morgan fingerprint density at radius 1 is 0.938 bits per heavy atom. The van der Waals surface area contributed by atoms with Crippen LogP contribution in [0.4, 0.5) is 11.4 Å². The second-order valence-corrected chi connectivity index (χ2v) is 8.53. The van der Waals surface area contributed by atoms with Gasteiger partial charge in [-0.15, -0.1) is 11.8 Å². The minimum Gasteiger partial charge on any atom is -0.481 e. The highest BCUT2D eigenvalue weighted by atomic mass is 32.2. The molecule has 1 aliphatic carbocycles. The number of benzene rings is 2. The van der Waals surface area contributed by atoms with Gasteiger partial charge in [0.15, 0.2) is 5.78 Å². The maximum absolute atomic E-state index is 12.6. The molecule has 3 rings (SSSR count). The second kappa shape index (κ2) is 10.8. The number of hydrogen-bond acceptors (Lipinski definition) is 5. The van der Waals surface area contributed by atoms with Crippen molar-refractivity contribution in [2.75, 3.05) is 16.4 Å². The maximum atomic E-state index is 12.6. The fourth-order valence-electron chi connectivity index (χ4n) is 3.41. The molecule has 2 unspecified atom stereocenters. The quantitative estimate of drug-likeness (QED) is 0.314. The van der Waals surface area contributed by atoms with Crippen molar-refractivity contribution >= 4 is 46.7 Å². The van der Waals surface area contributed by atoms with Gasteiger partial charge in [-0.1, -0.05) is 18.2 Å². The summed E-state index contributed by atoms with van der Waals surface area (Å²) < 4.78 is 0. The van der Waals surface area contributed by atoms with Crippen LogP contribution in [0.1, 0.15) is 30.1 Å². The van der Waals surface area contributed by atoms with Gasteiger partial charge in [0.2, 0.25) is 11.8 Å². The Morgan fingerprint density at radius 3 is 2.28 bits per heavy atom. The summed E-state index contributed by atoms with van der Waals surface area (Å²) in [7, 11) is 0. The Labute approximate surface area is 190 Å². The number of rotatable bonds is 8. The summed E-state index contributed by atoms with van der Waals surface area (Å²) in [6.07, 6.45) is 4.37. The lowest BCUT2D eigenvalue weighted by Gasteiger charge is -2.24. The van der Waals surface area contributed by atoms with Crippen molar-refractivity contribution < 1.29 is 24.3 Å². The van der Waals surface area contributed by atoms with Crippen LogP contribution in [0, 0.1) is 11.8 Å². The molecular formula is C24H24N2O5S. The van der Waals surface area contributed by atoms with Crippen LogP contribution >= 0.6 is 11.8 Å². The van der Waals surface area contributed by atoms with E-state index in [0.29, 0.717) is 29.8 Å². The molecule has 0 aromatic heterocycles. The van der Waals surface area contributed by atoms with Crippen molar-refractivity contribution in [2.45, 2.75) is 24.7 Å². The summed E-state index contributed by atoms with van der Waals surface area (Å²) in [5.41, 5.74) is 1.74. The van der Waals surface area contributed by atoms with E-state index in [9.17, 15) is 24.3 Å². The summed E-state index contributed by atoms with van der Waals surface area (Å²) in [6, 6.07) is 13.8. The second-order valence-electron chi connectivity index (χ2n) is 7.48. The molecule has 1 aliphatic rings. The summed E-state index contributed by atoms with van der Waals surface area (Å²) in [6.45, 7) is 1.48. The van der Waals surface area contributed by atoms with Crippen LogP contribution in [-0.4, -0.2) is 34.4 Å². The molecular weight excluding hydrogens is 428 g/mol. The standard InChI is InChI=1S/C24H24N2O5S/c1-15(27)16-9-11-17(12-10-16)25-22(28)14-32-19-6-4-5-18(13-19)26-23(29)20-7-2-3-8-21(20)24(30)31/h2-6,9-13,20-21H,7-8,14H2,1H3,(H,25,28)(H,26,29)(H,30,31). The van der Waals surface area contributed by atoms with Gasteiger partial charge in [-0.3, -0.25) is 19.2 Å². The van der Waals surface area contributed by atoms with E-state index in [1.165, 1.54) is 18.7 Å². The van der Waals surface area contributed by atoms with Gasteiger partial charge < -0.3 is 15.7 Å². The first kappa shape index (κ1) is 23.3. The van der Waals surface area contributed by atoms with Gasteiger partial charge >= 0.3 is 5.97 Å². The molecule has 32 heavy (non-hydrogen) atoms. The Hall–Kier alpha value is -3.39. The number of thioether (sulfide) groups is 1. The summed E-state index contributed by atoms with van der Waals surface area (Å²) in [5, 5.41) is 14.9. The largest absolute Gasteiger partial charge is 0.481 e. The number of hydrogen-bond donors (Lipinski definition) is 3. The molecule has 0 bridgehead atoms. The number of nitrogens with one attached hydrogen (secondary N) is 2. The number of carboxylic acids is 1. The van der Waals surface area contributed by atoms with E-state index in [0.717, 1.165) is 4.90 Å². The van der Waals surface area contributed by atoms with E-state index in [1.54, 1.807) is 48.5 Å². The fourth-order valence-corrected chi connectivity index (χ4v) is 4.16. The lowest BCUT2D eigenvalue weighted by atomic mass is 9.82. The minimum atomic E-state index is -0.972. The van der Waals surface area contributed by atoms with Crippen LogP contribution in [0.3, 0.4) is 0 Å². The molecule has 2 atom stereocenters. The highest BCUT2D eigenvalue weighted by molar-refractivity contribution is 8.00. The van der Waals surface area contributed by atoms with E-state index in [4.69, 9.17) is 0 Å². The van der Waals surface area contributed by atoms with Gasteiger partial charge in [0, 0.05) is 21.8 Å². The number of allylic oxidation sites excluding steroid dienone is 2. The normalized spacial score (nSPS) is 17.4. The Balaban J connectivity index is 1.54. The molecule has 0 aliphatic heterocycles. The number of aliphatic carboxylic acids is 1. The third-order valence-electron chi connectivity index (χ3n) is 5.13. The average molecular weight is 453 g/mol. The molecule has 0 heterocycles. The van der Waals surface area contributed by atoms with Crippen LogP contribution in [0.15, 0.2) is 65.6 Å². The van der Waals surface area contributed by atoms with Crippen molar-refractivity contribution in [1.82, 2.24) is 0 Å². The van der Waals surface area contributed by atoms with E-state index in [-0.39, 0.29) is 23.4 Å². The van der Waals surface area contributed by atoms with Gasteiger partial charge in [0.05, 0.1) is 17.6 Å². The SMILES string of the molecule is CC(=O)c1ccc(NC(=O)CSc2cccc(NC(=O)C3CC=CCC3C(=O)O)c2)cc1. The summed E-state index contributed by atoms with van der Waals surface area (Å²) in [5.74, 6) is -2.71. The molecule has 2 aromatic carbocycles. The van der Waals surface area contributed by atoms with E-state index < -0.39 is 17.8 Å². The molecule has 0 saturated heterocycles. The van der Waals surface area contributed by atoms with Gasteiger partial charge in [-0.25, -0.2) is 0 Å². The number of Topliss-reactive ketones (excluding diaryl/α,β-unsaturated/α-hetero) is 1. The van der Waals surface area contributed by atoms with Crippen molar-refractivity contribution in [3.63, 3.8) is 0 Å². The van der Waals surface area contributed by atoms with Crippen LogP contribution in [0.25, 0.3) is 0 Å². The van der Waals surface area contributed by atoms with Crippen LogP contribution in [0.5, 0.6) is 0 Å². The Morgan fingerprint density at radius 2 is 1.62 bits per heavy atom. The molecule has 7 nitrogen and oxygen atoms in total. The zero-order valence-corrected chi connectivity index (χ0v) is 18.4. The van der Waals surface area contributed by atoms with Gasteiger partial charge in [0.1, 0.15) is 0 Å². The number of carbonyl (C=O) groups excluding carboxylic acids is 3. The third-order valence-corrected chi connectivity index (χ3v) is 6.13. The van der Waals surface area contributed by atoms with E-state index >= 15 is 0 Å². The molecule has 8 heteroatoms. The predicted molar refractivity (Wildman–Crippen MR) is 124 cm³/mol. The minimum absolute atomic E-state index is 0.0381. The van der Waals surface area contributed by atoms with Crippen molar-refractivity contribution in [3.05, 3.63) is 66.2 Å². The van der Waals surface area contributed by atoms with Crippen molar-refractivity contribution in [1.29, 1.82) is 0 Å². The topological polar surface area (TPSA) is 113 Å². The Kier molecular flexibility index (Phi) is 7.83. The molecule has 0 saturated carbocycles. The zero-order valence-electron chi connectivity index (χ0n) is 17.5. The molecule has 3 N–H and O–H groups in total. The fraction of sp³-hybridized carbons (Fsp3) is 0.250. The van der Waals surface area contributed by atoms with Gasteiger partial charge in [-0.2, -0.15) is 0 Å². The van der Waals surface area contributed by atoms with Gasteiger partial charge in [0.25, 0.3) is 0 Å². The number of carboxylic acid groups (broad SMARTS) is 1. The van der Waals surface area contributed by atoms with Crippen molar-refractivity contribution in [2.24, 2.45) is 11.8 Å². The van der Waals surface area contributed by atoms with Crippen molar-refractivity contribution in [3.8, 4) is 0 Å². The third kappa shape index (κ3) is 6.31. The molecule has 0 radical (unpaired) electrons. The maximum Gasteiger partial charge on any atom is 0.307 e. The number of carbonyl (C=O) groups is 4. The first-order chi connectivity index (χ1) is 15.3. The first-order valence-electron chi connectivity index (χ1n) is 10.2. The number of ketones is 1. The van der Waals surface area contributed by atoms with Crippen LogP contribution < -0.4 is 10.6 Å². The smallest absolute Gasteiger partial charge is 0.307 e. The average Bonchev–Trinajstić information content (AvgIpc) is 2.78. The highest BCUT2D eigenvalue weighted by Gasteiger charge is 2.33. The monoisotopic (exact) mass is 452 g/mol. The van der Waals surface area contributed by atoms with E-state index in [1.807, 2.05) is 12.1 Å². The van der Waals surface area contributed by atoms with Gasteiger partial charge in [-0.05, 0) is 62.2 Å². The number of amides is 2. The lowest BCUT2D eigenvalue weighted by Crippen LogP contribution is -2.34. The summed E-state index contributed by atoms with van der Waals surface area (Å²) >= 11 is 1.32. The highest BCUT2D eigenvalue weighted by Crippen LogP contribution is 2.28.